The molecule has 1 aliphatic rings. The monoisotopic (exact) mass is 268 g/mol. The van der Waals surface area contributed by atoms with Gasteiger partial charge in [-0.1, -0.05) is 30.3 Å². The molecule has 1 fully saturated rings. The maximum absolute atomic E-state index is 11.9. The van der Waals surface area contributed by atoms with Crippen LogP contribution in [0.1, 0.15) is 18.4 Å². The summed E-state index contributed by atoms with van der Waals surface area (Å²) in [7, 11) is -3.13. The Kier molecular flexibility index (Phi) is 4.74. The molecule has 18 heavy (non-hydrogen) atoms. The maximum Gasteiger partial charge on any atom is 0.215 e. The Balaban J connectivity index is 1.72. The van der Waals surface area contributed by atoms with Crippen LogP contribution in [0.15, 0.2) is 30.3 Å². The molecule has 4 nitrogen and oxygen atoms in total. The second-order valence-electron chi connectivity index (χ2n) is 4.64. The Morgan fingerprint density at radius 3 is 2.72 bits per heavy atom. The molecule has 0 radical (unpaired) electrons. The fraction of sp³-hybridized carbons (Fsp3) is 0.538. The average Bonchev–Trinajstić information content (AvgIpc) is 2.91. The Bertz CT molecular complexity index is 453. The van der Waals surface area contributed by atoms with Crippen molar-refractivity contribution >= 4 is 10.0 Å². The summed E-state index contributed by atoms with van der Waals surface area (Å²) in [6, 6.07) is 10.1. The Morgan fingerprint density at radius 2 is 2.06 bits per heavy atom. The maximum atomic E-state index is 11.9. The van der Waals surface area contributed by atoms with Gasteiger partial charge >= 0.3 is 0 Å². The van der Waals surface area contributed by atoms with E-state index in [2.05, 4.69) is 22.2 Å². The van der Waals surface area contributed by atoms with Crippen molar-refractivity contribution in [3.8, 4) is 0 Å². The molecule has 5 heteroatoms. The van der Waals surface area contributed by atoms with Gasteiger partial charge in [-0.3, -0.25) is 0 Å². The van der Waals surface area contributed by atoms with Crippen molar-refractivity contribution in [1.29, 1.82) is 0 Å². The van der Waals surface area contributed by atoms with Crippen LogP contribution in [0.4, 0.5) is 0 Å². The number of hydrogen-bond donors (Lipinski definition) is 2. The van der Waals surface area contributed by atoms with Gasteiger partial charge in [0.15, 0.2) is 0 Å². The molecule has 0 bridgehead atoms. The highest BCUT2D eigenvalue weighted by atomic mass is 32.2. The molecule has 0 spiro atoms. The number of aryl methyl sites for hydroxylation is 1. The first-order valence-corrected chi connectivity index (χ1v) is 7.96. The largest absolute Gasteiger partial charge is 0.315 e. The molecule has 0 aromatic heterocycles. The highest BCUT2D eigenvalue weighted by Crippen LogP contribution is 2.08. The fourth-order valence-corrected chi connectivity index (χ4v) is 3.59. The fourth-order valence-electron chi connectivity index (χ4n) is 2.16. The van der Waals surface area contributed by atoms with Gasteiger partial charge in [0, 0.05) is 13.1 Å². The Hall–Kier alpha value is -0.910. The Labute approximate surface area is 109 Å². The molecule has 100 valence electrons. The van der Waals surface area contributed by atoms with Crippen molar-refractivity contribution in [2.24, 2.45) is 0 Å². The average molecular weight is 268 g/mol. The van der Waals surface area contributed by atoms with Crippen molar-refractivity contribution < 1.29 is 8.42 Å². The third-order valence-corrected chi connectivity index (χ3v) is 5.13. The van der Waals surface area contributed by atoms with Crippen LogP contribution in [0.3, 0.4) is 0 Å². The predicted octanol–water partition coefficient (Wildman–Crippen LogP) is 0.900. The van der Waals surface area contributed by atoms with Gasteiger partial charge in [-0.15, -0.1) is 0 Å². The van der Waals surface area contributed by atoms with Gasteiger partial charge in [0.05, 0.1) is 5.25 Å². The van der Waals surface area contributed by atoms with Crippen molar-refractivity contribution in [3.63, 3.8) is 0 Å². The van der Waals surface area contributed by atoms with Crippen LogP contribution in [-0.2, 0) is 16.4 Å². The van der Waals surface area contributed by atoms with E-state index in [9.17, 15) is 8.42 Å². The van der Waals surface area contributed by atoms with E-state index in [0.717, 1.165) is 19.4 Å². The summed E-state index contributed by atoms with van der Waals surface area (Å²) in [6.45, 7) is 1.90. The molecule has 0 amide bonds. The first-order chi connectivity index (χ1) is 8.68. The molecule has 2 rings (SSSR count). The number of hydrogen-bond acceptors (Lipinski definition) is 3. The van der Waals surface area contributed by atoms with E-state index < -0.39 is 10.0 Å². The van der Waals surface area contributed by atoms with Crippen LogP contribution in [0.25, 0.3) is 0 Å². The van der Waals surface area contributed by atoms with Crippen molar-refractivity contribution in [2.75, 3.05) is 19.6 Å². The van der Waals surface area contributed by atoms with Crippen LogP contribution < -0.4 is 10.0 Å². The minimum Gasteiger partial charge on any atom is -0.315 e. The van der Waals surface area contributed by atoms with E-state index >= 15 is 0 Å². The van der Waals surface area contributed by atoms with E-state index in [-0.39, 0.29) is 5.25 Å². The number of rotatable bonds is 6. The molecule has 1 aromatic carbocycles. The first kappa shape index (κ1) is 13.5. The van der Waals surface area contributed by atoms with Crippen LogP contribution in [0, 0.1) is 0 Å². The molecule has 1 heterocycles. The summed E-state index contributed by atoms with van der Waals surface area (Å²) in [5.41, 5.74) is 1.25. The van der Waals surface area contributed by atoms with Crippen LogP contribution in [0.5, 0.6) is 0 Å². The number of nitrogens with one attached hydrogen (secondary N) is 2. The second kappa shape index (κ2) is 6.31. The minimum atomic E-state index is -3.13. The third kappa shape index (κ3) is 3.80. The van der Waals surface area contributed by atoms with Crippen LogP contribution in [0.2, 0.25) is 0 Å². The summed E-state index contributed by atoms with van der Waals surface area (Å²) >= 11 is 0. The molecular weight excluding hydrogens is 248 g/mol. The van der Waals surface area contributed by atoms with E-state index in [0.29, 0.717) is 19.5 Å². The van der Waals surface area contributed by atoms with Gasteiger partial charge in [0.1, 0.15) is 0 Å². The lowest BCUT2D eigenvalue weighted by Gasteiger charge is -2.11. The molecular formula is C13H20N2O2S. The topological polar surface area (TPSA) is 58.2 Å². The zero-order chi connectivity index (χ0) is 12.8. The van der Waals surface area contributed by atoms with Gasteiger partial charge in [0.2, 0.25) is 10.0 Å². The van der Waals surface area contributed by atoms with Gasteiger partial charge < -0.3 is 5.32 Å². The zero-order valence-electron chi connectivity index (χ0n) is 10.4. The molecule has 2 N–H and O–H groups in total. The minimum absolute atomic E-state index is 0.255. The van der Waals surface area contributed by atoms with Crippen LogP contribution in [-0.4, -0.2) is 33.3 Å². The van der Waals surface area contributed by atoms with E-state index in [1.54, 1.807) is 0 Å². The highest BCUT2D eigenvalue weighted by Gasteiger charge is 2.27. The summed E-state index contributed by atoms with van der Waals surface area (Å²) in [6.07, 6.45) is 2.46. The zero-order valence-corrected chi connectivity index (χ0v) is 11.2. The first-order valence-electron chi connectivity index (χ1n) is 6.41. The normalized spacial score (nSPS) is 20.1. The van der Waals surface area contributed by atoms with Crippen molar-refractivity contribution in [2.45, 2.75) is 24.5 Å². The summed E-state index contributed by atoms with van der Waals surface area (Å²) in [5, 5.41) is 2.82. The predicted molar refractivity (Wildman–Crippen MR) is 73.0 cm³/mol. The smallest absolute Gasteiger partial charge is 0.215 e. The van der Waals surface area contributed by atoms with Gasteiger partial charge in [0.25, 0.3) is 0 Å². The molecule has 0 aliphatic carbocycles. The summed E-state index contributed by atoms with van der Waals surface area (Å²) < 4.78 is 26.5. The van der Waals surface area contributed by atoms with Crippen LogP contribution >= 0.6 is 0 Å². The lowest BCUT2D eigenvalue weighted by molar-refractivity contribution is 0.565. The highest BCUT2D eigenvalue weighted by molar-refractivity contribution is 7.90. The lowest BCUT2D eigenvalue weighted by Crippen LogP contribution is -2.36. The molecule has 0 saturated carbocycles. The van der Waals surface area contributed by atoms with Crippen molar-refractivity contribution in [3.05, 3.63) is 35.9 Å². The lowest BCUT2D eigenvalue weighted by atomic mass is 10.1. The van der Waals surface area contributed by atoms with Gasteiger partial charge in [-0.05, 0) is 31.4 Å². The molecule has 1 aliphatic heterocycles. The number of sulfonamides is 1. The van der Waals surface area contributed by atoms with Gasteiger partial charge in [-0.2, -0.15) is 0 Å². The quantitative estimate of drug-likeness (QED) is 0.754. The summed E-state index contributed by atoms with van der Waals surface area (Å²) in [5.74, 6) is 0. The van der Waals surface area contributed by atoms with E-state index in [1.165, 1.54) is 5.56 Å². The van der Waals surface area contributed by atoms with Crippen molar-refractivity contribution in [1.82, 2.24) is 10.0 Å². The SMILES string of the molecule is O=S(=O)(NCCCc1ccccc1)C1CCNC1. The third-order valence-electron chi connectivity index (χ3n) is 3.24. The standard InChI is InChI=1S/C13H20N2O2S/c16-18(17,13-8-10-14-11-13)15-9-4-7-12-5-2-1-3-6-12/h1-3,5-6,13-15H,4,7-11H2. The molecule has 1 saturated heterocycles. The summed E-state index contributed by atoms with van der Waals surface area (Å²) in [4.78, 5) is 0. The number of benzene rings is 1. The molecule has 1 aromatic rings. The molecule has 1 atom stereocenters. The molecule has 1 unspecified atom stereocenters. The van der Waals surface area contributed by atoms with Gasteiger partial charge in [-0.25, -0.2) is 13.1 Å². The Morgan fingerprint density at radius 1 is 1.28 bits per heavy atom. The van der Waals surface area contributed by atoms with E-state index in [4.69, 9.17) is 0 Å². The second-order valence-corrected chi connectivity index (χ2v) is 6.69. The van der Waals surface area contributed by atoms with E-state index in [1.807, 2.05) is 18.2 Å².